The molecule has 1 saturated carbocycles. The molecule has 2 rings (SSSR count). The normalized spacial score (nSPS) is 17.6. The Hall–Kier alpha value is -1.03. The lowest BCUT2D eigenvalue weighted by Gasteiger charge is -2.40. The summed E-state index contributed by atoms with van der Waals surface area (Å²) in [7, 11) is 0. The molecule has 86 valence electrons. The van der Waals surface area contributed by atoms with Crippen LogP contribution in [0.2, 0.25) is 0 Å². The second-order valence-corrected chi connectivity index (χ2v) is 5.39. The summed E-state index contributed by atoms with van der Waals surface area (Å²) >= 11 is 3.27. The summed E-state index contributed by atoms with van der Waals surface area (Å²) in [5.74, 6) is -0.909. The zero-order valence-electron chi connectivity index (χ0n) is 9.09. The summed E-state index contributed by atoms with van der Waals surface area (Å²) in [6.07, 6.45) is 3.61. The van der Waals surface area contributed by atoms with Gasteiger partial charge in [0.05, 0.1) is 5.56 Å². The number of carboxylic acid groups (broad SMARTS) is 1. The minimum Gasteiger partial charge on any atom is -0.478 e. The van der Waals surface area contributed by atoms with E-state index in [1.165, 1.54) is 19.3 Å². The van der Waals surface area contributed by atoms with Gasteiger partial charge in [-0.15, -0.1) is 0 Å². The number of carboxylic acids is 1. The van der Waals surface area contributed by atoms with Crippen LogP contribution in [0, 0.1) is 0 Å². The number of benzene rings is 1. The SMILES string of the molecule is CC1(Nc2ccc(C(=O)O)c(Br)c2)CCC1. The minimum absolute atomic E-state index is 0.185. The van der Waals surface area contributed by atoms with E-state index in [9.17, 15) is 4.79 Å². The number of hydrogen-bond acceptors (Lipinski definition) is 2. The first kappa shape index (κ1) is 11.5. The van der Waals surface area contributed by atoms with Crippen LogP contribution in [-0.4, -0.2) is 16.6 Å². The van der Waals surface area contributed by atoms with E-state index in [1.54, 1.807) is 6.07 Å². The van der Waals surface area contributed by atoms with Gasteiger partial charge in [0, 0.05) is 15.7 Å². The van der Waals surface area contributed by atoms with Gasteiger partial charge in [-0.05, 0) is 60.3 Å². The van der Waals surface area contributed by atoms with Crippen LogP contribution >= 0.6 is 15.9 Å². The van der Waals surface area contributed by atoms with E-state index in [1.807, 2.05) is 12.1 Å². The van der Waals surface area contributed by atoms with E-state index < -0.39 is 5.97 Å². The van der Waals surface area contributed by atoms with Crippen molar-refractivity contribution in [3.05, 3.63) is 28.2 Å². The molecular formula is C12H14BrNO2. The Labute approximate surface area is 103 Å². The highest BCUT2D eigenvalue weighted by molar-refractivity contribution is 9.10. The van der Waals surface area contributed by atoms with Crippen LogP contribution < -0.4 is 5.32 Å². The number of aromatic carboxylic acids is 1. The molecule has 0 unspecified atom stereocenters. The third kappa shape index (κ3) is 2.21. The third-order valence-electron chi connectivity index (χ3n) is 3.10. The van der Waals surface area contributed by atoms with E-state index in [4.69, 9.17) is 5.11 Å². The molecule has 0 spiro atoms. The maximum Gasteiger partial charge on any atom is 0.336 e. The van der Waals surface area contributed by atoms with E-state index >= 15 is 0 Å². The fraction of sp³-hybridized carbons (Fsp3) is 0.417. The fourth-order valence-corrected chi connectivity index (χ4v) is 2.50. The van der Waals surface area contributed by atoms with E-state index in [0.717, 1.165) is 5.69 Å². The second-order valence-electron chi connectivity index (χ2n) is 4.54. The van der Waals surface area contributed by atoms with Gasteiger partial charge in [-0.2, -0.15) is 0 Å². The van der Waals surface area contributed by atoms with Gasteiger partial charge in [0.2, 0.25) is 0 Å². The number of halogens is 1. The summed E-state index contributed by atoms with van der Waals surface area (Å²) in [6.45, 7) is 2.19. The summed E-state index contributed by atoms with van der Waals surface area (Å²) in [6, 6.07) is 5.27. The molecule has 1 aliphatic rings. The van der Waals surface area contributed by atoms with Gasteiger partial charge in [-0.1, -0.05) is 0 Å². The van der Waals surface area contributed by atoms with Crippen LogP contribution in [0.25, 0.3) is 0 Å². The first-order chi connectivity index (χ1) is 7.50. The van der Waals surface area contributed by atoms with Crippen LogP contribution in [0.3, 0.4) is 0 Å². The number of nitrogens with one attached hydrogen (secondary N) is 1. The lowest BCUT2D eigenvalue weighted by atomic mass is 9.78. The van der Waals surface area contributed by atoms with E-state index in [-0.39, 0.29) is 5.54 Å². The summed E-state index contributed by atoms with van der Waals surface area (Å²) < 4.78 is 0.618. The van der Waals surface area contributed by atoms with Gasteiger partial charge in [-0.3, -0.25) is 0 Å². The van der Waals surface area contributed by atoms with Crippen molar-refractivity contribution in [2.45, 2.75) is 31.7 Å². The molecular weight excluding hydrogens is 270 g/mol. The smallest absolute Gasteiger partial charge is 0.336 e. The fourth-order valence-electron chi connectivity index (χ4n) is 1.95. The Bertz CT molecular complexity index is 427. The standard InChI is InChI=1S/C12H14BrNO2/c1-12(5-2-6-12)14-8-3-4-9(11(15)16)10(13)7-8/h3-4,7,14H,2,5-6H2,1H3,(H,15,16). The maximum absolute atomic E-state index is 10.8. The van der Waals surface area contributed by atoms with Crippen molar-refractivity contribution in [3.8, 4) is 0 Å². The Morgan fingerprint density at radius 3 is 2.62 bits per heavy atom. The lowest BCUT2D eigenvalue weighted by Crippen LogP contribution is -2.41. The Kier molecular flexibility index (Phi) is 2.93. The predicted molar refractivity (Wildman–Crippen MR) is 67.0 cm³/mol. The molecule has 1 fully saturated rings. The molecule has 3 nitrogen and oxygen atoms in total. The van der Waals surface area contributed by atoms with Crippen LogP contribution in [0.15, 0.2) is 22.7 Å². The van der Waals surface area contributed by atoms with Crippen molar-refractivity contribution < 1.29 is 9.90 Å². The van der Waals surface area contributed by atoms with Gasteiger partial charge >= 0.3 is 5.97 Å². The molecule has 1 aromatic rings. The van der Waals surface area contributed by atoms with Gasteiger partial charge in [0.15, 0.2) is 0 Å². The zero-order valence-corrected chi connectivity index (χ0v) is 10.7. The quantitative estimate of drug-likeness (QED) is 0.893. The first-order valence-electron chi connectivity index (χ1n) is 5.31. The third-order valence-corrected chi connectivity index (χ3v) is 3.76. The van der Waals surface area contributed by atoms with Gasteiger partial charge in [0.25, 0.3) is 0 Å². The average molecular weight is 284 g/mol. The highest BCUT2D eigenvalue weighted by Gasteiger charge is 2.31. The Morgan fingerprint density at radius 2 is 2.19 bits per heavy atom. The van der Waals surface area contributed by atoms with Gasteiger partial charge < -0.3 is 10.4 Å². The predicted octanol–water partition coefficient (Wildman–Crippen LogP) is 3.50. The minimum atomic E-state index is -0.909. The summed E-state index contributed by atoms with van der Waals surface area (Å²) in [4.78, 5) is 10.8. The summed E-state index contributed by atoms with van der Waals surface area (Å²) in [5, 5.41) is 12.3. The van der Waals surface area contributed by atoms with Crippen LogP contribution in [0.1, 0.15) is 36.5 Å². The molecule has 4 heteroatoms. The second kappa shape index (κ2) is 4.09. The Morgan fingerprint density at radius 1 is 1.50 bits per heavy atom. The van der Waals surface area contributed by atoms with Crippen LogP contribution in [-0.2, 0) is 0 Å². The zero-order chi connectivity index (χ0) is 11.8. The van der Waals surface area contributed by atoms with Gasteiger partial charge in [0.1, 0.15) is 0 Å². The van der Waals surface area contributed by atoms with Crippen LogP contribution in [0.4, 0.5) is 5.69 Å². The molecule has 0 radical (unpaired) electrons. The molecule has 0 amide bonds. The molecule has 1 aliphatic carbocycles. The molecule has 0 bridgehead atoms. The van der Waals surface area contributed by atoms with Crippen molar-refractivity contribution in [2.24, 2.45) is 0 Å². The average Bonchev–Trinajstić information content (AvgIpc) is 2.14. The van der Waals surface area contributed by atoms with Gasteiger partial charge in [-0.25, -0.2) is 4.79 Å². The van der Waals surface area contributed by atoms with Crippen molar-refractivity contribution >= 4 is 27.6 Å². The molecule has 0 saturated heterocycles. The number of anilines is 1. The molecule has 0 heterocycles. The maximum atomic E-state index is 10.8. The van der Waals surface area contributed by atoms with Crippen LogP contribution in [0.5, 0.6) is 0 Å². The first-order valence-corrected chi connectivity index (χ1v) is 6.10. The molecule has 1 aromatic carbocycles. The Balaban J connectivity index is 2.18. The summed E-state index contributed by atoms with van der Waals surface area (Å²) in [5.41, 5.74) is 1.45. The van der Waals surface area contributed by atoms with E-state index in [0.29, 0.717) is 10.0 Å². The van der Waals surface area contributed by atoms with Crippen molar-refractivity contribution in [1.82, 2.24) is 0 Å². The molecule has 0 aliphatic heterocycles. The number of hydrogen-bond donors (Lipinski definition) is 2. The molecule has 16 heavy (non-hydrogen) atoms. The number of rotatable bonds is 3. The monoisotopic (exact) mass is 283 g/mol. The lowest BCUT2D eigenvalue weighted by molar-refractivity contribution is 0.0696. The van der Waals surface area contributed by atoms with Crippen molar-refractivity contribution in [1.29, 1.82) is 0 Å². The largest absolute Gasteiger partial charge is 0.478 e. The van der Waals surface area contributed by atoms with E-state index in [2.05, 4.69) is 28.2 Å². The van der Waals surface area contributed by atoms with Crippen molar-refractivity contribution in [2.75, 3.05) is 5.32 Å². The highest BCUT2D eigenvalue weighted by Crippen LogP contribution is 2.35. The topological polar surface area (TPSA) is 49.3 Å². The molecule has 0 aromatic heterocycles. The number of carbonyl (C=O) groups is 1. The molecule has 2 N–H and O–H groups in total. The highest BCUT2D eigenvalue weighted by atomic mass is 79.9. The van der Waals surface area contributed by atoms with Crippen molar-refractivity contribution in [3.63, 3.8) is 0 Å². The molecule has 0 atom stereocenters.